The average Bonchev–Trinajstić information content (AvgIpc) is 2.01. The van der Waals surface area contributed by atoms with Crippen LogP contribution >= 0.6 is 0 Å². The van der Waals surface area contributed by atoms with E-state index in [1.54, 1.807) is 0 Å². The second-order valence-corrected chi connectivity index (χ2v) is 7.74. The van der Waals surface area contributed by atoms with E-state index in [1.165, 1.54) is 19.0 Å². The molecule has 1 aliphatic rings. The standard InChI is InChI=1S/C11H24NOSi/c1-10-8-12(9-11(2)13-10)6-5-7-14(3)4/h10-11H,5-9H2,1-4H3. The lowest BCUT2D eigenvalue weighted by Crippen LogP contribution is -2.45. The molecule has 0 saturated carbocycles. The smallest absolute Gasteiger partial charge is 0.0678 e. The SMILES string of the molecule is CC1CN(CCC[Si](C)C)CC(C)O1. The van der Waals surface area contributed by atoms with Crippen molar-refractivity contribution in [1.82, 2.24) is 4.90 Å². The topological polar surface area (TPSA) is 12.5 Å². The van der Waals surface area contributed by atoms with Gasteiger partial charge in [-0.15, -0.1) is 0 Å². The Morgan fingerprint density at radius 1 is 1.21 bits per heavy atom. The predicted molar refractivity (Wildman–Crippen MR) is 63.4 cm³/mol. The van der Waals surface area contributed by atoms with Gasteiger partial charge in [-0.3, -0.25) is 4.90 Å². The summed E-state index contributed by atoms with van der Waals surface area (Å²) >= 11 is 0. The van der Waals surface area contributed by atoms with E-state index in [0.717, 1.165) is 13.1 Å². The molecule has 0 aromatic rings. The summed E-state index contributed by atoms with van der Waals surface area (Å²) in [5.74, 6) is 0. The van der Waals surface area contributed by atoms with E-state index >= 15 is 0 Å². The summed E-state index contributed by atoms with van der Waals surface area (Å²) in [5.41, 5.74) is 0. The first-order chi connectivity index (χ1) is 6.58. The van der Waals surface area contributed by atoms with Crippen molar-refractivity contribution < 1.29 is 4.74 Å². The second kappa shape index (κ2) is 5.88. The van der Waals surface area contributed by atoms with Gasteiger partial charge in [0.2, 0.25) is 0 Å². The van der Waals surface area contributed by atoms with Gasteiger partial charge in [-0.05, 0) is 26.8 Å². The predicted octanol–water partition coefficient (Wildman–Crippen LogP) is 2.24. The molecule has 1 fully saturated rings. The first kappa shape index (κ1) is 12.2. The van der Waals surface area contributed by atoms with Crippen LogP contribution in [0.15, 0.2) is 0 Å². The van der Waals surface area contributed by atoms with Gasteiger partial charge in [0.15, 0.2) is 0 Å². The maximum absolute atomic E-state index is 5.71. The zero-order valence-electron chi connectivity index (χ0n) is 10.0. The lowest BCUT2D eigenvalue weighted by molar-refractivity contribution is -0.0677. The van der Waals surface area contributed by atoms with Gasteiger partial charge in [-0.1, -0.05) is 19.1 Å². The fraction of sp³-hybridized carbons (Fsp3) is 1.00. The molecule has 1 aliphatic heterocycles. The van der Waals surface area contributed by atoms with Crippen molar-refractivity contribution in [2.24, 2.45) is 0 Å². The van der Waals surface area contributed by atoms with Crippen molar-refractivity contribution in [2.75, 3.05) is 19.6 Å². The average molecular weight is 214 g/mol. The summed E-state index contributed by atoms with van der Waals surface area (Å²) in [6, 6.07) is 1.45. The van der Waals surface area contributed by atoms with Crippen LogP contribution in [0.2, 0.25) is 19.1 Å². The highest BCUT2D eigenvalue weighted by Crippen LogP contribution is 2.11. The van der Waals surface area contributed by atoms with Crippen molar-refractivity contribution in [1.29, 1.82) is 0 Å². The normalized spacial score (nSPS) is 29.8. The van der Waals surface area contributed by atoms with Crippen LogP contribution in [0.25, 0.3) is 0 Å². The number of hydrogen-bond donors (Lipinski definition) is 0. The van der Waals surface area contributed by atoms with Gasteiger partial charge in [0.05, 0.1) is 12.2 Å². The molecule has 2 atom stereocenters. The summed E-state index contributed by atoms with van der Waals surface area (Å²) < 4.78 is 5.71. The summed E-state index contributed by atoms with van der Waals surface area (Å²) in [5, 5.41) is 0. The molecule has 1 saturated heterocycles. The molecule has 2 unspecified atom stereocenters. The highest BCUT2D eigenvalue weighted by atomic mass is 28.3. The maximum Gasteiger partial charge on any atom is 0.0678 e. The van der Waals surface area contributed by atoms with Gasteiger partial charge in [0.25, 0.3) is 0 Å². The number of nitrogens with zero attached hydrogens (tertiary/aromatic N) is 1. The van der Waals surface area contributed by atoms with Gasteiger partial charge in [0.1, 0.15) is 0 Å². The van der Waals surface area contributed by atoms with Crippen LogP contribution in [-0.2, 0) is 4.74 Å². The Balaban J connectivity index is 2.17. The van der Waals surface area contributed by atoms with Gasteiger partial charge in [-0.25, -0.2) is 0 Å². The van der Waals surface area contributed by atoms with Gasteiger partial charge in [-0.2, -0.15) is 0 Å². The first-order valence-electron chi connectivity index (χ1n) is 5.74. The highest BCUT2D eigenvalue weighted by Gasteiger charge is 2.21. The molecule has 0 bridgehead atoms. The summed E-state index contributed by atoms with van der Waals surface area (Å²) in [6.07, 6.45) is 2.22. The molecular weight excluding hydrogens is 190 g/mol. The Morgan fingerprint density at radius 3 is 2.29 bits per heavy atom. The molecule has 3 heteroatoms. The molecule has 0 spiro atoms. The van der Waals surface area contributed by atoms with E-state index in [1.807, 2.05) is 0 Å². The van der Waals surface area contributed by atoms with E-state index in [0.29, 0.717) is 12.2 Å². The third-order valence-corrected chi connectivity index (χ3v) is 4.00. The van der Waals surface area contributed by atoms with Crippen molar-refractivity contribution in [3.05, 3.63) is 0 Å². The lowest BCUT2D eigenvalue weighted by atomic mass is 10.2. The zero-order chi connectivity index (χ0) is 10.6. The Hall–Kier alpha value is 0.137. The Bertz CT molecular complexity index is 153. The number of morpholine rings is 1. The van der Waals surface area contributed by atoms with Gasteiger partial charge < -0.3 is 4.74 Å². The second-order valence-electron chi connectivity index (χ2n) is 4.83. The fourth-order valence-electron chi connectivity index (χ4n) is 2.12. The van der Waals surface area contributed by atoms with Crippen molar-refractivity contribution in [3.8, 4) is 0 Å². The minimum atomic E-state index is -0.0196. The third-order valence-electron chi connectivity index (χ3n) is 2.65. The molecule has 14 heavy (non-hydrogen) atoms. The van der Waals surface area contributed by atoms with Gasteiger partial charge in [0, 0.05) is 21.9 Å². The van der Waals surface area contributed by atoms with E-state index in [4.69, 9.17) is 4.74 Å². The van der Waals surface area contributed by atoms with E-state index in [9.17, 15) is 0 Å². The van der Waals surface area contributed by atoms with Crippen LogP contribution in [0.1, 0.15) is 20.3 Å². The first-order valence-corrected chi connectivity index (χ1v) is 8.45. The zero-order valence-corrected chi connectivity index (χ0v) is 11.0. The minimum absolute atomic E-state index is 0.0196. The number of ether oxygens (including phenoxy) is 1. The van der Waals surface area contributed by atoms with Crippen molar-refractivity contribution in [2.45, 2.75) is 51.6 Å². The molecule has 1 heterocycles. The quantitative estimate of drug-likeness (QED) is 0.666. The fourth-order valence-corrected chi connectivity index (χ4v) is 2.99. The molecular formula is C11H24NOSi. The van der Waals surface area contributed by atoms with E-state index in [2.05, 4.69) is 31.8 Å². The van der Waals surface area contributed by atoms with Crippen LogP contribution in [0.4, 0.5) is 0 Å². The molecule has 83 valence electrons. The van der Waals surface area contributed by atoms with Crippen LogP contribution < -0.4 is 0 Å². The molecule has 1 rings (SSSR count). The third kappa shape index (κ3) is 4.58. The van der Waals surface area contributed by atoms with Gasteiger partial charge >= 0.3 is 0 Å². The molecule has 0 N–H and O–H groups in total. The molecule has 0 aromatic carbocycles. The lowest BCUT2D eigenvalue weighted by Gasteiger charge is -2.35. The summed E-state index contributed by atoms with van der Waals surface area (Å²) in [6.45, 7) is 12.7. The van der Waals surface area contributed by atoms with Crippen molar-refractivity contribution in [3.63, 3.8) is 0 Å². The van der Waals surface area contributed by atoms with E-state index in [-0.39, 0.29) is 8.80 Å². The van der Waals surface area contributed by atoms with Crippen LogP contribution in [-0.4, -0.2) is 45.5 Å². The molecule has 0 amide bonds. The molecule has 2 nitrogen and oxygen atoms in total. The Labute approximate surface area is 90.2 Å². The molecule has 1 radical (unpaired) electrons. The van der Waals surface area contributed by atoms with Crippen LogP contribution in [0.5, 0.6) is 0 Å². The maximum atomic E-state index is 5.71. The Kier molecular flexibility index (Phi) is 5.13. The van der Waals surface area contributed by atoms with Crippen LogP contribution in [0.3, 0.4) is 0 Å². The Morgan fingerprint density at radius 2 is 1.79 bits per heavy atom. The monoisotopic (exact) mass is 214 g/mol. The largest absolute Gasteiger partial charge is 0.373 e. The number of hydrogen-bond acceptors (Lipinski definition) is 2. The van der Waals surface area contributed by atoms with Crippen LogP contribution in [0, 0.1) is 0 Å². The van der Waals surface area contributed by atoms with E-state index < -0.39 is 0 Å². The molecule has 0 aliphatic carbocycles. The summed E-state index contributed by atoms with van der Waals surface area (Å²) in [4.78, 5) is 2.56. The summed E-state index contributed by atoms with van der Waals surface area (Å²) in [7, 11) is -0.0196. The number of rotatable bonds is 4. The highest BCUT2D eigenvalue weighted by molar-refractivity contribution is 6.55. The van der Waals surface area contributed by atoms with Crippen molar-refractivity contribution >= 4 is 8.80 Å². The molecule has 0 aromatic heterocycles. The minimum Gasteiger partial charge on any atom is -0.373 e.